The normalized spacial score (nSPS) is 9.72. The molecule has 0 radical (unpaired) electrons. The maximum absolute atomic E-state index is 6.42. The molecular formula is C28H23Cl. The van der Waals surface area contributed by atoms with Crippen molar-refractivity contribution < 1.29 is 0 Å². The Labute approximate surface area is 179 Å². The molecule has 0 nitrogen and oxygen atoms in total. The fourth-order valence-corrected chi connectivity index (χ4v) is 3.05. The molecule has 29 heavy (non-hydrogen) atoms. The Bertz CT molecular complexity index is 1100. The largest absolute Gasteiger partial charge is 0.103 e. The Morgan fingerprint density at radius 2 is 1.31 bits per heavy atom. The summed E-state index contributed by atoms with van der Waals surface area (Å²) in [5, 5.41) is 0.620. The van der Waals surface area contributed by atoms with Gasteiger partial charge in [-0.3, -0.25) is 0 Å². The predicted molar refractivity (Wildman–Crippen MR) is 124 cm³/mol. The molecule has 3 aromatic carbocycles. The Morgan fingerprint density at radius 3 is 1.90 bits per heavy atom. The molecule has 0 fully saturated rings. The molecule has 0 heterocycles. The minimum Gasteiger partial charge on any atom is -0.103 e. The molecule has 0 spiro atoms. The minimum absolute atomic E-state index is 0.620. The van der Waals surface area contributed by atoms with Gasteiger partial charge < -0.3 is 0 Å². The van der Waals surface area contributed by atoms with Crippen LogP contribution in [0.15, 0.2) is 79.4 Å². The van der Waals surface area contributed by atoms with Gasteiger partial charge in [0.1, 0.15) is 0 Å². The number of hydrogen-bond acceptors (Lipinski definition) is 0. The lowest BCUT2D eigenvalue weighted by Crippen LogP contribution is -1.84. The average molecular weight is 395 g/mol. The van der Waals surface area contributed by atoms with E-state index >= 15 is 0 Å². The van der Waals surface area contributed by atoms with E-state index in [0.717, 1.165) is 41.5 Å². The maximum atomic E-state index is 6.42. The molecule has 0 saturated carbocycles. The van der Waals surface area contributed by atoms with Gasteiger partial charge in [0, 0.05) is 22.3 Å². The smallest absolute Gasteiger partial charge is 0.0575 e. The van der Waals surface area contributed by atoms with E-state index in [2.05, 4.69) is 73.6 Å². The number of halogens is 1. The Kier molecular flexibility index (Phi) is 7.35. The number of rotatable bonds is 4. The maximum Gasteiger partial charge on any atom is 0.0575 e. The van der Waals surface area contributed by atoms with Gasteiger partial charge in [0.2, 0.25) is 0 Å². The first-order valence-electron chi connectivity index (χ1n) is 9.80. The van der Waals surface area contributed by atoms with Crippen LogP contribution in [0.5, 0.6) is 0 Å². The number of benzene rings is 3. The molecule has 0 N–H and O–H groups in total. The number of hydrogen-bond donors (Lipinski definition) is 0. The highest BCUT2D eigenvalue weighted by atomic mass is 35.5. The first kappa shape index (κ1) is 20.5. The molecule has 0 aromatic heterocycles. The third kappa shape index (κ3) is 6.15. The quantitative estimate of drug-likeness (QED) is 0.336. The van der Waals surface area contributed by atoms with E-state index < -0.39 is 0 Å². The topological polar surface area (TPSA) is 0 Å². The third-order valence-corrected chi connectivity index (χ3v) is 4.93. The molecule has 0 aliphatic carbocycles. The minimum atomic E-state index is 0.620. The molecular weight excluding hydrogens is 372 g/mol. The molecule has 0 amide bonds. The van der Waals surface area contributed by atoms with Gasteiger partial charge in [0.05, 0.1) is 5.02 Å². The molecule has 3 aromatic rings. The average Bonchev–Trinajstić information content (AvgIpc) is 2.76. The van der Waals surface area contributed by atoms with Gasteiger partial charge in [-0.05, 0) is 72.9 Å². The van der Waals surface area contributed by atoms with Crippen molar-refractivity contribution in [1.29, 1.82) is 0 Å². The molecule has 3 rings (SSSR count). The van der Waals surface area contributed by atoms with Crippen molar-refractivity contribution in [3.63, 3.8) is 0 Å². The molecule has 0 aliphatic rings. The molecule has 1 heteroatoms. The van der Waals surface area contributed by atoms with Gasteiger partial charge in [-0.15, -0.1) is 6.58 Å². The summed E-state index contributed by atoms with van der Waals surface area (Å²) in [4.78, 5) is 0. The third-order valence-electron chi connectivity index (χ3n) is 4.62. The van der Waals surface area contributed by atoms with Crippen molar-refractivity contribution in [2.45, 2.75) is 26.2 Å². The zero-order chi connectivity index (χ0) is 20.5. The van der Waals surface area contributed by atoms with E-state index in [1.54, 1.807) is 0 Å². The Morgan fingerprint density at radius 1 is 0.759 bits per heavy atom. The zero-order valence-electron chi connectivity index (χ0n) is 16.6. The summed E-state index contributed by atoms with van der Waals surface area (Å²) in [6.45, 7) is 5.90. The van der Waals surface area contributed by atoms with Crippen molar-refractivity contribution in [2.75, 3.05) is 0 Å². The lowest BCUT2D eigenvalue weighted by atomic mass is 10.1. The number of allylic oxidation sites excluding steroid dienone is 1. The summed E-state index contributed by atoms with van der Waals surface area (Å²) in [5.41, 5.74) is 6.27. The van der Waals surface area contributed by atoms with Gasteiger partial charge in [-0.2, -0.15) is 0 Å². The van der Waals surface area contributed by atoms with Crippen LogP contribution < -0.4 is 0 Å². The summed E-state index contributed by atoms with van der Waals surface area (Å²) in [7, 11) is 0. The van der Waals surface area contributed by atoms with Crippen LogP contribution >= 0.6 is 11.6 Å². The van der Waals surface area contributed by atoms with Gasteiger partial charge in [-0.25, -0.2) is 0 Å². The first-order chi connectivity index (χ1) is 14.2. The van der Waals surface area contributed by atoms with Crippen LogP contribution in [-0.4, -0.2) is 0 Å². The highest BCUT2D eigenvalue weighted by molar-refractivity contribution is 6.31. The molecule has 0 aliphatic heterocycles. The summed E-state index contributed by atoms with van der Waals surface area (Å²) < 4.78 is 0. The molecule has 0 saturated heterocycles. The van der Waals surface area contributed by atoms with Crippen molar-refractivity contribution in [2.24, 2.45) is 0 Å². The summed E-state index contributed by atoms with van der Waals surface area (Å²) in [5.74, 6) is 12.7. The second-order valence-corrected chi connectivity index (χ2v) is 7.18. The van der Waals surface area contributed by atoms with Crippen LogP contribution in [0, 0.1) is 23.7 Å². The number of aryl methyl sites for hydroxylation is 2. The fraction of sp³-hybridized carbons (Fsp3) is 0.143. The summed E-state index contributed by atoms with van der Waals surface area (Å²) in [6, 6.07) is 22.4. The van der Waals surface area contributed by atoms with Crippen LogP contribution in [0.4, 0.5) is 0 Å². The second kappa shape index (κ2) is 10.4. The van der Waals surface area contributed by atoms with Crippen molar-refractivity contribution in [3.8, 4) is 23.7 Å². The van der Waals surface area contributed by atoms with Crippen LogP contribution in [0.3, 0.4) is 0 Å². The lowest BCUT2D eigenvalue weighted by molar-refractivity contribution is 1.00. The first-order valence-corrected chi connectivity index (χ1v) is 10.2. The highest BCUT2D eigenvalue weighted by Crippen LogP contribution is 2.17. The van der Waals surface area contributed by atoms with Crippen molar-refractivity contribution in [3.05, 3.63) is 118 Å². The van der Waals surface area contributed by atoms with Gasteiger partial charge in [0.25, 0.3) is 0 Å². The zero-order valence-corrected chi connectivity index (χ0v) is 17.4. The van der Waals surface area contributed by atoms with E-state index in [-0.39, 0.29) is 0 Å². The second-order valence-electron chi connectivity index (χ2n) is 6.77. The molecule has 0 atom stereocenters. The molecule has 142 valence electrons. The van der Waals surface area contributed by atoms with E-state index in [1.807, 2.05) is 36.4 Å². The van der Waals surface area contributed by atoms with E-state index in [9.17, 15) is 0 Å². The predicted octanol–water partition coefficient (Wildman–Crippen LogP) is 6.82. The van der Waals surface area contributed by atoms with E-state index in [0.29, 0.717) is 5.02 Å². The van der Waals surface area contributed by atoms with E-state index in [1.165, 1.54) is 11.1 Å². The van der Waals surface area contributed by atoms with Crippen molar-refractivity contribution in [1.82, 2.24) is 0 Å². The van der Waals surface area contributed by atoms with Gasteiger partial charge >= 0.3 is 0 Å². The van der Waals surface area contributed by atoms with Crippen LogP contribution in [0.2, 0.25) is 5.02 Å². The standard InChI is InChI=1S/C28H23Cl/c1-3-5-6-23-11-13-24(14-12-23)15-16-26-18-20-27(28(29)21-26)19-17-25-9-7-22(4-2)8-10-25/h3,7-14,18,20-21H,1,4-6H2,2H3. The van der Waals surface area contributed by atoms with Crippen molar-refractivity contribution >= 4 is 11.6 Å². The molecule has 0 unspecified atom stereocenters. The van der Waals surface area contributed by atoms with Crippen LogP contribution in [0.25, 0.3) is 0 Å². The fourth-order valence-electron chi connectivity index (χ4n) is 2.83. The Balaban J connectivity index is 1.71. The van der Waals surface area contributed by atoms with E-state index in [4.69, 9.17) is 11.6 Å². The lowest BCUT2D eigenvalue weighted by Gasteiger charge is -1.99. The van der Waals surface area contributed by atoms with Crippen LogP contribution in [0.1, 0.15) is 46.7 Å². The molecule has 0 bridgehead atoms. The van der Waals surface area contributed by atoms with Crippen LogP contribution in [-0.2, 0) is 12.8 Å². The summed E-state index contributed by atoms with van der Waals surface area (Å²) in [6.07, 6.45) is 4.97. The van der Waals surface area contributed by atoms with Gasteiger partial charge in [0.15, 0.2) is 0 Å². The monoisotopic (exact) mass is 394 g/mol. The SMILES string of the molecule is C=CCCc1ccc(C#Cc2ccc(C#Cc3ccc(CC)cc3)c(Cl)c2)cc1. The highest BCUT2D eigenvalue weighted by Gasteiger charge is 1.98. The van der Waals surface area contributed by atoms with Gasteiger partial charge in [-0.1, -0.05) is 72.5 Å². The summed E-state index contributed by atoms with van der Waals surface area (Å²) >= 11 is 6.42. The Hall–Kier alpha value is -3.19.